The molecule has 0 radical (unpaired) electrons. The summed E-state index contributed by atoms with van der Waals surface area (Å²) in [4.78, 5) is 19.5. The van der Waals surface area contributed by atoms with Crippen LogP contribution in [0.25, 0.3) is 10.2 Å². The van der Waals surface area contributed by atoms with Gasteiger partial charge in [-0.3, -0.25) is 9.69 Å². The molecule has 0 spiro atoms. The highest BCUT2D eigenvalue weighted by atomic mass is 32.1. The Morgan fingerprint density at radius 3 is 2.81 bits per heavy atom. The van der Waals surface area contributed by atoms with Crippen LogP contribution in [0.4, 0.5) is 5.13 Å². The molecule has 1 fully saturated rings. The lowest BCUT2D eigenvalue weighted by atomic mass is 10.2. The van der Waals surface area contributed by atoms with Crippen LogP contribution in [0.2, 0.25) is 0 Å². The monoisotopic (exact) mass is 442 g/mol. The topological polar surface area (TPSA) is 70.1 Å². The highest BCUT2D eigenvalue weighted by molar-refractivity contribution is 7.22. The lowest BCUT2D eigenvalue weighted by Crippen LogP contribution is -2.40. The Balaban J connectivity index is 1.54. The molecule has 1 atom stereocenters. The van der Waals surface area contributed by atoms with Crippen LogP contribution in [0.1, 0.15) is 19.8 Å². The summed E-state index contributed by atoms with van der Waals surface area (Å²) in [6.45, 7) is 3.64. The van der Waals surface area contributed by atoms with Gasteiger partial charge in [-0.15, -0.1) is 0 Å². The molecule has 0 aliphatic carbocycles. The van der Waals surface area contributed by atoms with Gasteiger partial charge in [-0.1, -0.05) is 17.4 Å². The average molecular weight is 443 g/mol. The van der Waals surface area contributed by atoms with Gasteiger partial charge in [0.25, 0.3) is 5.91 Å². The van der Waals surface area contributed by atoms with Crippen molar-refractivity contribution < 1.29 is 23.7 Å². The highest BCUT2D eigenvalue weighted by Crippen LogP contribution is 2.32. The number of methoxy groups -OCH3 is 1. The molecule has 2 aromatic carbocycles. The molecular weight excluding hydrogens is 416 g/mol. The predicted molar refractivity (Wildman–Crippen MR) is 121 cm³/mol. The number of hydrogen-bond donors (Lipinski definition) is 0. The van der Waals surface area contributed by atoms with E-state index in [0.29, 0.717) is 29.8 Å². The Morgan fingerprint density at radius 1 is 1.19 bits per heavy atom. The number of nitrogens with zero attached hydrogens (tertiary/aromatic N) is 2. The number of carbonyl (C=O) groups excluding carboxylic acids is 1. The van der Waals surface area contributed by atoms with Crippen LogP contribution in [0.3, 0.4) is 0 Å². The number of amides is 1. The van der Waals surface area contributed by atoms with Crippen molar-refractivity contribution in [3.05, 3.63) is 42.5 Å². The molecule has 0 N–H and O–H groups in total. The van der Waals surface area contributed by atoms with E-state index in [0.717, 1.165) is 35.4 Å². The third-order valence-corrected chi connectivity index (χ3v) is 6.05. The molecule has 164 valence electrons. The van der Waals surface area contributed by atoms with Gasteiger partial charge >= 0.3 is 0 Å². The summed E-state index contributed by atoms with van der Waals surface area (Å²) in [5.41, 5.74) is 0.835. The van der Waals surface area contributed by atoms with Crippen LogP contribution >= 0.6 is 11.3 Å². The smallest absolute Gasteiger partial charge is 0.266 e. The van der Waals surface area contributed by atoms with E-state index in [1.165, 1.54) is 11.3 Å². The number of hydrogen-bond acceptors (Lipinski definition) is 7. The maximum Gasteiger partial charge on any atom is 0.266 e. The Morgan fingerprint density at radius 2 is 2.03 bits per heavy atom. The van der Waals surface area contributed by atoms with E-state index >= 15 is 0 Å². The molecule has 3 aromatic rings. The van der Waals surface area contributed by atoms with Gasteiger partial charge in [-0.2, -0.15) is 0 Å². The second-order valence-electron chi connectivity index (χ2n) is 7.17. The molecule has 31 heavy (non-hydrogen) atoms. The first-order valence-electron chi connectivity index (χ1n) is 10.4. The second-order valence-corrected chi connectivity index (χ2v) is 8.18. The average Bonchev–Trinajstić information content (AvgIpc) is 3.45. The number of fused-ring (bicyclic) bond motifs is 1. The number of thiazole rings is 1. The van der Waals surface area contributed by atoms with E-state index in [-0.39, 0.29) is 18.6 Å². The highest BCUT2D eigenvalue weighted by Gasteiger charge is 2.26. The zero-order chi connectivity index (χ0) is 21.6. The molecule has 8 heteroatoms. The van der Waals surface area contributed by atoms with Gasteiger partial charge in [0.05, 0.1) is 36.6 Å². The minimum Gasteiger partial charge on any atom is -0.497 e. The molecule has 1 aliphatic heterocycles. The quantitative estimate of drug-likeness (QED) is 0.492. The Hall–Kier alpha value is -2.84. The molecule has 1 aromatic heterocycles. The fourth-order valence-electron chi connectivity index (χ4n) is 3.46. The van der Waals surface area contributed by atoms with E-state index in [9.17, 15) is 4.79 Å². The molecule has 1 aliphatic rings. The number of rotatable bonds is 9. The number of anilines is 1. The van der Waals surface area contributed by atoms with Crippen molar-refractivity contribution in [3.8, 4) is 17.2 Å². The molecule has 1 saturated heterocycles. The summed E-state index contributed by atoms with van der Waals surface area (Å²) in [5.74, 6) is 1.89. The molecule has 0 saturated carbocycles. The lowest BCUT2D eigenvalue weighted by Gasteiger charge is -2.23. The van der Waals surface area contributed by atoms with Crippen molar-refractivity contribution in [1.29, 1.82) is 0 Å². The fraction of sp³-hybridized carbons (Fsp3) is 0.391. The number of carbonyl (C=O) groups is 1. The standard InChI is InChI=1S/C23H26N2O5S/c1-3-28-18-9-10-20-21(13-18)31-23(24-20)25(14-19-8-5-11-29-19)22(26)15-30-17-7-4-6-16(12-17)27-2/h4,6-7,9-10,12-13,19H,3,5,8,11,14-15H2,1-2H3. The van der Waals surface area contributed by atoms with Gasteiger partial charge in [0.2, 0.25) is 0 Å². The van der Waals surface area contributed by atoms with Crippen molar-refractivity contribution in [2.75, 3.05) is 38.4 Å². The maximum atomic E-state index is 13.2. The Kier molecular flexibility index (Phi) is 6.89. The van der Waals surface area contributed by atoms with Gasteiger partial charge in [0, 0.05) is 12.7 Å². The molecule has 4 rings (SSSR count). The van der Waals surface area contributed by atoms with Gasteiger partial charge in [-0.05, 0) is 50.1 Å². The van der Waals surface area contributed by atoms with E-state index < -0.39 is 0 Å². The van der Waals surface area contributed by atoms with Crippen LogP contribution in [-0.2, 0) is 9.53 Å². The van der Waals surface area contributed by atoms with Crippen molar-refractivity contribution >= 4 is 32.6 Å². The summed E-state index contributed by atoms with van der Waals surface area (Å²) >= 11 is 1.47. The zero-order valence-electron chi connectivity index (χ0n) is 17.7. The van der Waals surface area contributed by atoms with Crippen LogP contribution in [0.5, 0.6) is 17.2 Å². The third kappa shape index (κ3) is 5.26. The van der Waals surface area contributed by atoms with Crippen LogP contribution < -0.4 is 19.1 Å². The summed E-state index contributed by atoms with van der Waals surface area (Å²) < 4.78 is 23.3. The van der Waals surface area contributed by atoms with E-state index in [1.54, 1.807) is 24.1 Å². The van der Waals surface area contributed by atoms with Crippen molar-refractivity contribution in [3.63, 3.8) is 0 Å². The van der Waals surface area contributed by atoms with Crippen molar-refractivity contribution in [2.45, 2.75) is 25.9 Å². The minimum atomic E-state index is -0.164. The first-order valence-corrected chi connectivity index (χ1v) is 11.2. The zero-order valence-corrected chi connectivity index (χ0v) is 18.5. The van der Waals surface area contributed by atoms with E-state index in [4.69, 9.17) is 23.9 Å². The minimum absolute atomic E-state index is 0.00627. The van der Waals surface area contributed by atoms with Crippen molar-refractivity contribution in [1.82, 2.24) is 4.98 Å². The van der Waals surface area contributed by atoms with Gasteiger partial charge in [0.15, 0.2) is 11.7 Å². The summed E-state index contributed by atoms with van der Waals surface area (Å²) in [7, 11) is 1.59. The molecule has 7 nitrogen and oxygen atoms in total. The third-order valence-electron chi connectivity index (χ3n) is 5.01. The van der Waals surface area contributed by atoms with Crippen LogP contribution in [0, 0.1) is 0 Å². The first-order chi connectivity index (χ1) is 15.2. The summed E-state index contributed by atoms with van der Waals surface area (Å²) in [6.07, 6.45) is 1.94. The van der Waals surface area contributed by atoms with E-state index in [1.807, 2.05) is 37.3 Å². The Bertz CT molecular complexity index is 1030. The van der Waals surface area contributed by atoms with Crippen molar-refractivity contribution in [2.24, 2.45) is 0 Å². The number of ether oxygens (including phenoxy) is 4. The predicted octanol–water partition coefficient (Wildman–Crippen LogP) is 4.29. The molecular formula is C23H26N2O5S. The molecule has 1 unspecified atom stereocenters. The Labute approximate surface area is 185 Å². The van der Waals surface area contributed by atoms with Crippen LogP contribution in [-0.4, -0.2) is 50.5 Å². The molecule has 1 amide bonds. The van der Waals surface area contributed by atoms with Gasteiger partial charge in [-0.25, -0.2) is 4.98 Å². The normalized spacial score (nSPS) is 15.7. The van der Waals surface area contributed by atoms with Gasteiger partial charge < -0.3 is 18.9 Å². The van der Waals surface area contributed by atoms with E-state index in [2.05, 4.69) is 0 Å². The second kappa shape index (κ2) is 9.98. The number of benzene rings is 2. The first kappa shape index (κ1) is 21.4. The summed E-state index contributed by atoms with van der Waals surface area (Å²) in [5, 5.41) is 0.637. The van der Waals surface area contributed by atoms with Crippen LogP contribution in [0.15, 0.2) is 42.5 Å². The molecule has 0 bridgehead atoms. The fourth-order valence-corrected chi connectivity index (χ4v) is 4.48. The van der Waals surface area contributed by atoms with Gasteiger partial charge in [0.1, 0.15) is 17.2 Å². The molecule has 2 heterocycles. The lowest BCUT2D eigenvalue weighted by molar-refractivity contribution is -0.120. The maximum absolute atomic E-state index is 13.2. The SMILES string of the molecule is CCOc1ccc2nc(N(CC3CCCO3)C(=O)COc3cccc(OC)c3)sc2c1. The largest absolute Gasteiger partial charge is 0.497 e. The summed E-state index contributed by atoms with van der Waals surface area (Å²) in [6, 6.07) is 13.0. The number of aromatic nitrogens is 1.